The Morgan fingerprint density at radius 3 is 2.86 bits per heavy atom. The van der Waals surface area contributed by atoms with Crippen molar-refractivity contribution in [2.24, 2.45) is 0 Å². The Morgan fingerprint density at radius 2 is 2.05 bits per heavy atom. The number of rotatable bonds is 4. The molecule has 4 heteroatoms. The van der Waals surface area contributed by atoms with Gasteiger partial charge in [0.15, 0.2) is 11.6 Å². The molecule has 1 aliphatic rings. The van der Waals surface area contributed by atoms with E-state index < -0.39 is 11.6 Å². The molecule has 2 aromatic rings. The Kier molecular flexibility index (Phi) is 3.88. The van der Waals surface area contributed by atoms with Gasteiger partial charge in [-0.3, -0.25) is 0 Å². The zero-order valence-corrected chi connectivity index (χ0v) is 11.9. The normalized spacial score (nSPS) is 14.6. The van der Waals surface area contributed by atoms with Crippen LogP contribution in [0.2, 0.25) is 0 Å². The van der Waals surface area contributed by atoms with E-state index in [1.807, 2.05) is 6.92 Å². The minimum Gasteiger partial charge on any atom is -0.384 e. The quantitative estimate of drug-likeness (QED) is 0.894. The first-order chi connectivity index (χ1) is 10.1. The predicted octanol–water partition coefficient (Wildman–Crippen LogP) is 3.78. The summed E-state index contributed by atoms with van der Waals surface area (Å²) < 4.78 is 26.2. The van der Waals surface area contributed by atoms with Crippen molar-refractivity contribution >= 4 is 5.69 Å². The van der Waals surface area contributed by atoms with Crippen LogP contribution in [0, 0.1) is 11.6 Å². The summed E-state index contributed by atoms with van der Waals surface area (Å²) in [5.74, 6) is -1.61. The van der Waals surface area contributed by atoms with Gasteiger partial charge in [-0.05, 0) is 42.2 Å². The van der Waals surface area contributed by atoms with E-state index in [9.17, 15) is 8.78 Å². The molecule has 0 spiro atoms. The minimum absolute atomic E-state index is 0.0441. The molecule has 0 aromatic heterocycles. The number of para-hydroxylation sites is 1. The molecule has 1 aliphatic heterocycles. The number of nitrogens with one attached hydrogen (secondary N) is 2. The Bertz CT molecular complexity index is 655. The summed E-state index contributed by atoms with van der Waals surface area (Å²) in [6.45, 7) is 3.62. The molecule has 2 aromatic carbocycles. The van der Waals surface area contributed by atoms with Gasteiger partial charge in [0.25, 0.3) is 0 Å². The van der Waals surface area contributed by atoms with Gasteiger partial charge in [-0.25, -0.2) is 8.78 Å². The third-order valence-corrected chi connectivity index (χ3v) is 3.98. The summed E-state index contributed by atoms with van der Waals surface area (Å²) in [6, 6.07) is 10.3. The molecule has 0 radical (unpaired) electrons. The molecule has 1 heterocycles. The van der Waals surface area contributed by atoms with E-state index in [0.29, 0.717) is 6.54 Å². The van der Waals surface area contributed by atoms with Crippen LogP contribution in [0.5, 0.6) is 0 Å². The van der Waals surface area contributed by atoms with Gasteiger partial charge in [0.2, 0.25) is 0 Å². The van der Waals surface area contributed by atoms with Crippen molar-refractivity contribution in [3.8, 4) is 0 Å². The van der Waals surface area contributed by atoms with Gasteiger partial charge in [-0.2, -0.15) is 0 Å². The van der Waals surface area contributed by atoms with E-state index in [2.05, 4.69) is 28.8 Å². The highest BCUT2D eigenvalue weighted by Crippen LogP contribution is 2.27. The van der Waals surface area contributed by atoms with E-state index >= 15 is 0 Å². The molecule has 0 saturated carbocycles. The zero-order valence-electron chi connectivity index (χ0n) is 11.9. The van der Waals surface area contributed by atoms with Crippen molar-refractivity contribution in [1.29, 1.82) is 0 Å². The van der Waals surface area contributed by atoms with E-state index in [0.717, 1.165) is 18.5 Å². The molecule has 0 amide bonds. The fourth-order valence-corrected chi connectivity index (χ4v) is 2.72. The van der Waals surface area contributed by atoms with Crippen molar-refractivity contribution in [1.82, 2.24) is 5.32 Å². The van der Waals surface area contributed by atoms with Crippen molar-refractivity contribution in [3.05, 3.63) is 64.7 Å². The van der Waals surface area contributed by atoms with Crippen molar-refractivity contribution in [2.75, 3.05) is 11.9 Å². The highest BCUT2D eigenvalue weighted by atomic mass is 19.2. The summed E-state index contributed by atoms with van der Waals surface area (Å²) in [7, 11) is 0. The number of anilines is 1. The van der Waals surface area contributed by atoms with E-state index in [1.54, 1.807) is 6.07 Å². The van der Waals surface area contributed by atoms with Crippen LogP contribution in [0.3, 0.4) is 0 Å². The second-order valence-electron chi connectivity index (χ2n) is 5.40. The van der Waals surface area contributed by atoms with Gasteiger partial charge in [0.1, 0.15) is 0 Å². The number of hydrogen-bond acceptors (Lipinski definition) is 2. The van der Waals surface area contributed by atoms with Gasteiger partial charge in [-0.15, -0.1) is 0 Å². The van der Waals surface area contributed by atoms with Crippen LogP contribution < -0.4 is 10.6 Å². The first-order valence-corrected chi connectivity index (χ1v) is 7.18. The van der Waals surface area contributed by atoms with Gasteiger partial charge < -0.3 is 10.6 Å². The molecule has 0 saturated heterocycles. The van der Waals surface area contributed by atoms with Crippen molar-refractivity contribution < 1.29 is 8.78 Å². The molecule has 0 bridgehead atoms. The fourth-order valence-electron chi connectivity index (χ4n) is 2.72. The molecular weight excluding hydrogens is 270 g/mol. The van der Waals surface area contributed by atoms with Gasteiger partial charge in [0, 0.05) is 24.8 Å². The van der Waals surface area contributed by atoms with E-state index in [1.165, 1.54) is 28.9 Å². The molecule has 1 unspecified atom stereocenters. The highest BCUT2D eigenvalue weighted by molar-refractivity contribution is 5.61. The third-order valence-electron chi connectivity index (χ3n) is 3.98. The second kappa shape index (κ2) is 5.82. The molecule has 0 fully saturated rings. The summed E-state index contributed by atoms with van der Waals surface area (Å²) >= 11 is 0. The Hall–Kier alpha value is -1.94. The van der Waals surface area contributed by atoms with E-state index in [-0.39, 0.29) is 6.04 Å². The largest absolute Gasteiger partial charge is 0.384 e. The molecule has 0 aliphatic carbocycles. The summed E-state index contributed by atoms with van der Waals surface area (Å²) in [4.78, 5) is 0. The van der Waals surface area contributed by atoms with Crippen LogP contribution in [-0.2, 0) is 13.0 Å². The zero-order chi connectivity index (χ0) is 14.8. The third kappa shape index (κ3) is 2.90. The molecular formula is C17H18F2N2. The van der Waals surface area contributed by atoms with Gasteiger partial charge in [0.05, 0.1) is 0 Å². The van der Waals surface area contributed by atoms with Crippen LogP contribution in [-0.4, -0.2) is 6.54 Å². The Morgan fingerprint density at radius 1 is 1.19 bits per heavy atom. The van der Waals surface area contributed by atoms with Crippen LogP contribution in [0.25, 0.3) is 0 Å². The average Bonchev–Trinajstić information content (AvgIpc) is 2.96. The predicted molar refractivity (Wildman–Crippen MR) is 80.2 cm³/mol. The van der Waals surface area contributed by atoms with Crippen LogP contribution >= 0.6 is 0 Å². The van der Waals surface area contributed by atoms with E-state index in [4.69, 9.17) is 0 Å². The maximum Gasteiger partial charge on any atom is 0.159 e. The molecule has 110 valence electrons. The van der Waals surface area contributed by atoms with Crippen molar-refractivity contribution in [3.63, 3.8) is 0 Å². The first kappa shape index (κ1) is 14.0. The molecule has 2 N–H and O–H groups in total. The highest BCUT2D eigenvalue weighted by Gasteiger charge is 2.14. The Labute approximate surface area is 123 Å². The molecule has 3 rings (SSSR count). The second-order valence-corrected chi connectivity index (χ2v) is 5.40. The summed E-state index contributed by atoms with van der Waals surface area (Å²) in [5.41, 5.74) is 4.51. The lowest BCUT2D eigenvalue weighted by Gasteiger charge is -2.16. The van der Waals surface area contributed by atoms with Crippen LogP contribution in [0.15, 0.2) is 36.4 Å². The standard InChI is InChI=1S/C17H18F2N2/c1-11(13-5-6-15(18)16(19)9-13)21-10-14-4-2-3-12-7-8-20-17(12)14/h2-6,9,11,20-21H,7-8,10H2,1H3. The molecule has 2 nitrogen and oxygen atoms in total. The van der Waals surface area contributed by atoms with Gasteiger partial charge >= 0.3 is 0 Å². The molecule has 1 atom stereocenters. The fraction of sp³-hybridized carbons (Fsp3) is 0.294. The lowest BCUT2D eigenvalue weighted by Crippen LogP contribution is -2.19. The summed E-state index contributed by atoms with van der Waals surface area (Å²) in [5, 5.41) is 6.76. The lowest BCUT2D eigenvalue weighted by atomic mass is 10.1. The SMILES string of the molecule is CC(NCc1cccc2c1NCC2)c1ccc(F)c(F)c1. The van der Waals surface area contributed by atoms with Gasteiger partial charge in [-0.1, -0.05) is 24.3 Å². The van der Waals surface area contributed by atoms with Crippen LogP contribution in [0.4, 0.5) is 14.5 Å². The van der Waals surface area contributed by atoms with Crippen LogP contribution in [0.1, 0.15) is 29.7 Å². The minimum atomic E-state index is -0.809. The topological polar surface area (TPSA) is 24.1 Å². The lowest BCUT2D eigenvalue weighted by molar-refractivity contribution is 0.500. The Balaban J connectivity index is 1.70. The molecule has 21 heavy (non-hydrogen) atoms. The number of hydrogen-bond donors (Lipinski definition) is 2. The monoisotopic (exact) mass is 288 g/mol. The smallest absolute Gasteiger partial charge is 0.159 e. The maximum atomic E-state index is 13.3. The first-order valence-electron chi connectivity index (χ1n) is 7.18. The number of fused-ring (bicyclic) bond motifs is 1. The number of benzene rings is 2. The number of halogens is 2. The maximum absolute atomic E-state index is 13.3. The summed E-state index contributed by atoms with van der Waals surface area (Å²) in [6.07, 6.45) is 1.06. The van der Waals surface area contributed by atoms with Crippen molar-refractivity contribution in [2.45, 2.75) is 25.9 Å². The average molecular weight is 288 g/mol.